The molecule has 6 rings (SSSR count). The van der Waals surface area contributed by atoms with Crippen LogP contribution >= 0.6 is 0 Å². The number of nitrogens with one attached hydrogen (secondary N) is 1. The average Bonchev–Trinajstić information content (AvgIpc) is 3.54. The SMILES string of the molecule is Nc1nc(N2C3CNC(C3)C2Cc2c(F)cccc2F)cc2nc(-c3ccco3)nn12. The van der Waals surface area contributed by atoms with Gasteiger partial charge < -0.3 is 20.4 Å². The van der Waals surface area contributed by atoms with Crippen LogP contribution < -0.4 is 16.0 Å². The third kappa shape index (κ3) is 2.86. The van der Waals surface area contributed by atoms with Gasteiger partial charge in [-0.3, -0.25) is 0 Å². The Balaban J connectivity index is 1.40. The van der Waals surface area contributed by atoms with Gasteiger partial charge in [-0.1, -0.05) is 6.07 Å². The zero-order chi connectivity index (χ0) is 21.1. The monoisotopic (exact) mass is 423 g/mol. The lowest BCUT2D eigenvalue weighted by Gasteiger charge is -2.37. The van der Waals surface area contributed by atoms with E-state index in [-0.39, 0.29) is 36.1 Å². The zero-order valence-corrected chi connectivity index (χ0v) is 16.4. The van der Waals surface area contributed by atoms with E-state index in [0.29, 0.717) is 23.0 Å². The highest BCUT2D eigenvalue weighted by atomic mass is 19.1. The second-order valence-electron chi connectivity index (χ2n) is 7.94. The second-order valence-corrected chi connectivity index (χ2v) is 7.94. The molecule has 0 aliphatic carbocycles. The number of nitrogen functional groups attached to an aromatic ring is 1. The van der Waals surface area contributed by atoms with Gasteiger partial charge in [0, 0.05) is 36.7 Å². The predicted octanol–water partition coefficient (Wildman–Crippen LogP) is 2.41. The normalized spacial score (nSPS) is 22.6. The van der Waals surface area contributed by atoms with Gasteiger partial charge in [-0.25, -0.2) is 13.8 Å². The molecule has 10 heteroatoms. The van der Waals surface area contributed by atoms with Crippen LogP contribution in [0.4, 0.5) is 20.5 Å². The third-order valence-corrected chi connectivity index (χ3v) is 6.17. The summed E-state index contributed by atoms with van der Waals surface area (Å²) in [5.41, 5.74) is 6.81. The van der Waals surface area contributed by atoms with Crippen molar-refractivity contribution in [1.29, 1.82) is 0 Å². The molecule has 0 saturated carbocycles. The number of furan rings is 1. The number of halogens is 2. The van der Waals surface area contributed by atoms with Gasteiger partial charge in [0.15, 0.2) is 11.4 Å². The van der Waals surface area contributed by atoms with Crippen LogP contribution in [0.15, 0.2) is 47.1 Å². The lowest BCUT2D eigenvalue weighted by Crippen LogP contribution is -2.53. The number of nitrogens with two attached hydrogens (primary N) is 1. The smallest absolute Gasteiger partial charge is 0.225 e. The van der Waals surface area contributed by atoms with Crippen molar-refractivity contribution in [3.63, 3.8) is 0 Å². The van der Waals surface area contributed by atoms with Gasteiger partial charge in [-0.2, -0.15) is 9.50 Å². The van der Waals surface area contributed by atoms with Crippen LogP contribution in [0.3, 0.4) is 0 Å². The quantitative estimate of drug-likeness (QED) is 0.520. The molecular formula is C21H19F2N7O. The maximum atomic E-state index is 14.3. The van der Waals surface area contributed by atoms with E-state index >= 15 is 0 Å². The molecule has 31 heavy (non-hydrogen) atoms. The lowest BCUT2D eigenvalue weighted by atomic mass is 9.99. The first-order valence-corrected chi connectivity index (χ1v) is 10.1. The van der Waals surface area contributed by atoms with E-state index in [1.807, 2.05) is 0 Å². The molecule has 3 N–H and O–H groups in total. The molecule has 2 aliphatic heterocycles. The molecule has 1 aromatic carbocycles. The van der Waals surface area contributed by atoms with Crippen LogP contribution in [0.25, 0.3) is 17.2 Å². The minimum Gasteiger partial charge on any atom is -0.461 e. The molecule has 2 saturated heterocycles. The summed E-state index contributed by atoms with van der Waals surface area (Å²) in [5.74, 6) is 0.674. The third-order valence-electron chi connectivity index (χ3n) is 6.17. The molecule has 0 amide bonds. The first-order chi connectivity index (χ1) is 15.1. The first kappa shape index (κ1) is 18.3. The summed E-state index contributed by atoms with van der Waals surface area (Å²) < 4.78 is 35.5. The van der Waals surface area contributed by atoms with Crippen LogP contribution in [0.2, 0.25) is 0 Å². The number of fused-ring (bicyclic) bond motifs is 3. The Bertz CT molecular complexity index is 1250. The fourth-order valence-electron chi connectivity index (χ4n) is 4.79. The molecule has 2 aliphatic rings. The van der Waals surface area contributed by atoms with Crippen molar-refractivity contribution in [2.24, 2.45) is 0 Å². The minimum atomic E-state index is -0.536. The van der Waals surface area contributed by atoms with Crippen molar-refractivity contribution in [3.05, 3.63) is 59.9 Å². The van der Waals surface area contributed by atoms with E-state index in [4.69, 9.17) is 10.2 Å². The summed E-state index contributed by atoms with van der Waals surface area (Å²) in [6.07, 6.45) is 2.65. The van der Waals surface area contributed by atoms with Gasteiger partial charge in [-0.05, 0) is 30.7 Å². The zero-order valence-electron chi connectivity index (χ0n) is 16.4. The molecule has 3 unspecified atom stereocenters. The van der Waals surface area contributed by atoms with E-state index in [1.54, 1.807) is 24.5 Å². The van der Waals surface area contributed by atoms with E-state index in [2.05, 4.69) is 25.3 Å². The standard InChI is InChI=1S/C21H19F2N7O/c22-13-3-1-4-14(23)12(13)8-16-15-7-11(10-25-15)29(16)18-9-19-26-20(17-5-2-6-31-17)28-30(19)21(24)27-18/h1-6,9,11,15-16,25H,7-8,10H2,(H2,24,27). The topological polar surface area (TPSA) is 97.5 Å². The van der Waals surface area contributed by atoms with Gasteiger partial charge in [0.1, 0.15) is 17.5 Å². The van der Waals surface area contributed by atoms with Gasteiger partial charge in [0.2, 0.25) is 11.8 Å². The Morgan fingerprint density at radius 2 is 2.00 bits per heavy atom. The van der Waals surface area contributed by atoms with Crippen molar-refractivity contribution in [3.8, 4) is 11.6 Å². The summed E-state index contributed by atoms with van der Waals surface area (Å²) in [6.45, 7) is 0.776. The molecule has 0 radical (unpaired) electrons. The number of hydrogen-bond acceptors (Lipinski definition) is 7. The number of aromatic nitrogens is 4. The molecule has 3 aromatic heterocycles. The summed E-state index contributed by atoms with van der Waals surface area (Å²) in [4.78, 5) is 11.2. The Hall–Kier alpha value is -3.53. The summed E-state index contributed by atoms with van der Waals surface area (Å²) in [7, 11) is 0. The Labute approximate surface area is 175 Å². The fourth-order valence-corrected chi connectivity index (χ4v) is 4.79. The maximum absolute atomic E-state index is 14.3. The largest absolute Gasteiger partial charge is 0.461 e. The van der Waals surface area contributed by atoms with Crippen molar-refractivity contribution < 1.29 is 13.2 Å². The minimum absolute atomic E-state index is 0.0866. The van der Waals surface area contributed by atoms with Gasteiger partial charge >= 0.3 is 0 Å². The number of rotatable bonds is 4. The molecule has 8 nitrogen and oxygen atoms in total. The van der Waals surface area contributed by atoms with Crippen molar-refractivity contribution in [2.45, 2.75) is 31.0 Å². The van der Waals surface area contributed by atoms with Crippen LogP contribution in [0.1, 0.15) is 12.0 Å². The molecule has 5 heterocycles. The van der Waals surface area contributed by atoms with Crippen LogP contribution in [0.5, 0.6) is 0 Å². The number of nitrogens with zero attached hydrogens (tertiary/aromatic N) is 5. The van der Waals surface area contributed by atoms with Gasteiger partial charge in [0.25, 0.3) is 0 Å². The Kier molecular flexibility index (Phi) is 3.97. The van der Waals surface area contributed by atoms with Gasteiger partial charge in [-0.15, -0.1) is 5.10 Å². The molecule has 0 spiro atoms. The Morgan fingerprint density at radius 1 is 1.16 bits per heavy atom. The number of benzene rings is 1. The van der Waals surface area contributed by atoms with E-state index in [0.717, 1.165) is 13.0 Å². The van der Waals surface area contributed by atoms with Crippen molar-refractivity contribution in [2.75, 3.05) is 17.2 Å². The molecule has 2 fully saturated rings. The van der Waals surface area contributed by atoms with E-state index < -0.39 is 11.6 Å². The number of piperazine rings is 1. The molecule has 2 bridgehead atoms. The van der Waals surface area contributed by atoms with E-state index in [9.17, 15) is 8.78 Å². The van der Waals surface area contributed by atoms with Crippen molar-refractivity contribution in [1.82, 2.24) is 24.9 Å². The average molecular weight is 423 g/mol. The molecular weight excluding hydrogens is 404 g/mol. The summed E-state index contributed by atoms with van der Waals surface area (Å²) >= 11 is 0. The molecule has 4 aromatic rings. The highest BCUT2D eigenvalue weighted by molar-refractivity contribution is 5.61. The summed E-state index contributed by atoms with van der Waals surface area (Å²) in [5, 5.41) is 7.82. The van der Waals surface area contributed by atoms with Crippen LogP contribution in [0, 0.1) is 11.6 Å². The first-order valence-electron chi connectivity index (χ1n) is 10.1. The number of anilines is 2. The fraction of sp³-hybridized carbons (Fsp3) is 0.286. The summed E-state index contributed by atoms with van der Waals surface area (Å²) in [6, 6.07) is 9.40. The highest BCUT2D eigenvalue weighted by Gasteiger charge is 2.47. The van der Waals surface area contributed by atoms with Crippen molar-refractivity contribution >= 4 is 17.4 Å². The van der Waals surface area contributed by atoms with Gasteiger partial charge in [0.05, 0.1) is 12.3 Å². The highest BCUT2D eigenvalue weighted by Crippen LogP contribution is 2.36. The number of hydrogen-bond donors (Lipinski definition) is 2. The predicted molar refractivity (Wildman–Crippen MR) is 109 cm³/mol. The van der Waals surface area contributed by atoms with Crippen LogP contribution in [-0.2, 0) is 6.42 Å². The second kappa shape index (κ2) is 6.74. The van der Waals surface area contributed by atoms with Crippen LogP contribution in [-0.4, -0.2) is 44.3 Å². The van der Waals surface area contributed by atoms with E-state index in [1.165, 1.54) is 22.7 Å². The lowest BCUT2D eigenvalue weighted by molar-refractivity contribution is 0.441. The Morgan fingerprint density at radius 3 is 2.77 bits per heavy atom. The molecule has 3 atom stereocenters. The maximum Gasteiger partial charge on any atom is 0.225 e. The molecule has 158 valence electrons.